The van der Waals surface area contributed by atoms with Crippen LogP contribution < -0.4 is 0 Å². The number of carbonyl (C=O) groups excluding carboxylic acids is 5. The molecule has 0 aromatic carbocycles. The summed E-state index contributed by atoms with van der Waals surface area (Å²) in [6.07, 6.45) is -1.91. The van der Waals surface area contributed by atoms with E-state index in [0.29, 0.717) is 56.9 Å². The second kappa shape index (κ2) is 28.1. The van der Waals surface area contributed by atoms with E-state index in [1.54, 1.807) is 27.0 Å². The molecule has 0 spiro atoms. The van der Waals surface area contributed by atoms with Crippen LogP contribution in [0.2, 0.25) is 0 Å². The molecule has 4 rings (SSSR count). The van der Waals surface area contributed by atoms with Crippen LogP contribution in [0.15, 0.2) is 36.0 Å². The molecule has 69 heavy (non-hydrogen) atoms. The van der Waals surface area contributed by atoms with Gasteiger partial charge >= 0.3 is 5.97 Å². The number of piperidine rings is 1. The van der Waals surface area contributed by atoms with Crippen LogP contribution in [0, 0.1) is 29.6 Å². The molecule has 0 radical (unpaired) electrons. The standard InChI is InChI=1S/C44H69NO12.C6H12O6/c1-10-13-31-19-25(2)18-26(3)20-37(54-8)40-38(55-9)22-28(5)44(52,57-40)41(49)42(50)45-17-12-11-14-32(45)43(51)56-39(29(6)34(47)24-35(31)48)27(4)21-30-15-16-33(46)36(23-30)53-7;7-1-3(9)5(11)6(12)4(10)2-8/h10,19,21,26,28-34,36-40,46-47,52H,1,11-18,20,22-24H2,2-9H3;1,3-6,8-12H,2H2/b25-19+,27-21+;/t26-,28+,29+,30-,31+,32-,33+,34-,36+,37-,38-,39+,40+,44+;3-,4+,5+,6-/m00/s1. The minimum absolute atomic E-state index is 0.00988. The quantitative estimate of drug-likeness (QED) is 0.0591. The summed E-state index contributed by atoms with van der Waals surface area (Å²) in [4.78, 5) is 67.7. The van der Waals surface area contributed by atoms with Crippen molar-refractivity contribution in [2.24, 2.45) is 29.6 Å². The molecule has 1 amide bonds. The van der Waals surface area contributed by atoms with Crippen molar-refractivity contribution >= 4 is 29.7 Å². The van der Waals surface area contributed by atoms with Gasteiger partial charge in [0.1, 0.15) is 48.4 Å². The van der Waals surface area contributed by atoms with Gasteiger partial charge in [0, 0.05) is 52.0 Å². The summed E-state index contributed by atoms with van der Waals surface area (Å²) in [5.41, 5.74) is 1.61. The number of hydrogen-bond donors (Lipinski definition) is 8. The van der Waals surface area contributed by atoms with Gasteiger partial charge in [0.2, 0.25) is 5.79 Å². The van der Waals surface area contributed by atoms with Crippen molar-refractivity contribution in [3.8, 4) is 0 Å². The number of aliphatic hydroxyl groups is 8. The van der Waals surface area contributed by atoms with Crippen molar-refractivity contribution in [3.05, 3.63) is 36.0 Å². The summed E-state index contributed by atoms with van der Waals surface area (Å²) in [6.45, 7) is 12.4. The maximum absolute atomic E-state index is 14.3. The van der Waals surface area contributed by atoms with Crippen molar-refractivity contribution < 1.29 is 88.5 Å². The third-order valence-corrected chi connectivity index (χ3v) is 14.3. The molecule has 1 saturated carbocycles. The zero-order valence-electron chi connectivity index (χ0n) is 41.6. The van der Waals surface area contributed by atoms with Gasteiger partial charge in [-0.3, -0.25) is 14.4 Å². The fourth-order valence-electron chi connectivity index (χ4n) is 10.0. The maximum atomic E-state index is 14.3. The first-order valence-corrected chi connectivity index (χ1v) is 24.2. The zero-order chi connectivity index (χ0) is 51.9. The highest BCUT2D eigenvalue weighted by Crippen LogP contribution is 2.39. The molecule has 18 atom stereocenters. The van der Waals surface area contributed by atoms with Crippen LogP contribution >= 0.6 is 0 Å². The van der Waals surface area contributed by atoms with E-state index >= 15 is 0 Å². The molecular weight excluding hydrogens is 903 g/mol. The van der Waals surface area contributed by atoms with Gasteiger partial charge in [0.05, 0.1) is 37.1 Å². The Hall–Kier alpha value is -3.31. The Morgan fingerprint density at radius 1 is 0.899 bits per heavy atom. The topological polar surface area (TPSA) is 297 Å². The minimum Gasteiger partial charge on any atom is -0.456 e. The number of nitrogens with zero attached hydrogens (tertiary/aromatic N) is 1. The predicted octanol–water partition coefficient (Wildman–Crippen LogP) is 1.26. The third kappa shape index (κ3) is 15.8. The highest BCUT2D eigenvalue weighted by atomic mass is 16.7. The van der Waals surface area contributed by atoms with Crippen LogP contribution in [0.3, 0.4) is 0 Å². The minimum atomic E-state index is -2.51. The van der Waals surface area contributed by atoms with Crippen LogP contribution in [0.4, 0.5) is 0 Å². The van der Waals surface area contributed by atoms with Gasteiger partial charge in [0.15, 0.2) is 6.29 Å². The SMILES string of the molecule is C=CC[C@@H]1/C=C(\C)C[C@H](C)C[C@H](OC)[C@H]2O[C@@](O)(C(=O)C(=O)N3CCCC[C@H]3C(=O)O[C@H](/C(C)=C/[C@@H]3CC[C@@H](O)[C@H](OC)C3)[C@H](C)[C@@H](O)CC1=O)[C@H](C)C[C@@H]2OC.O=C[C@H](O)[C@@H](O)[C@@H](O)[C@H](O)CO. The van der Waals surface area contributed by atoms with Crippen LogP contribution in [0.25, 0.3) is 0 Å². The van der Waals surface area contributed by atoms with Crippen molar-refractivity contribution in [2.45, 2.75) is 184 Å². The maximum Gasteiger partial charge on any atom is 0.329 e. The Balaban J connectivity index is 0.000000922. The number of esters is 1. The number of aldehydes is 1. The zero-order valence-corrected chi connectivity index (χ0v) is 41.6. The van der Waals surface area contributed by atoms with E-state index in [4.69, 9.17) is 49.2 Å². The number of cyclic esters (lactones) is 1. The molecule has 0 aromatic rings. The van der Waals surface area contributed by atoms with E-state index < -0.39 is 115 Å². The fourth-order valence-corrected chi connectivity index (χ4v) is 10.0. The molecule has 19 nitrogen and oxygen atoms in total. The third-order valence-electron chi connectivity index (χ3n) is 14.3. The lowest BCUT2D eigenvalue weighted by Gasteiger charge is -2.47. The molecule has 3 heterocycles. The molecule has 0 aromatic heterocycles. The van der Waals surface area contributed by atoms with E-state index in [1.165, 1.54) is 19.1 Å². The molecule has 3 fully saturated rings. The van der Waals surface area contributed by atoms with Crippen LogP contribution in [-0.2, 0) is 47.7 Å². The van der Waals surface area contributed by atoms with Crippen LogP contribution in [-0.4, -0.2) is 189 Å². The van der Waals surface area contributed by atoms with Crippen molar-refractivity contribution in [2.75, 3.05) is 34.5 Å². The van der Waals surface area contributed by atoms with Crippen LogP contribution in [0.5, 0.6) is 0 Å². The van der Waals surface area contributed by atoms with E-state index in [0.717, 1.165) is 5.57 Å². The number of aliphatic hydroxyl groups excluding tert-OH is 7. The second-order valence-electron chi connectivity index (χ2n) is 19.6. The molecule has 4 aliphatic rings. The lowest BCUT2D eigenvalue weighted by Crippen LogP contribution is -2.64. The van der Waals surface area contributed by atoms with Crippen molar-refractivity contribution in [1.29, 1.82) is 0 Å². The highest BCUT2D eigenvalue weighted by Gasteiger charge is 2.56. The van der Waals surface area contributed by atoms with E-state index in [9.17, 15) is 39.3 Å². The first kappa shape index (κ1) is 60.0. The Bertz CT molecular complexity index is 1760. The molecule has 19 heteroatoms. The molecule has 3 aliphatic heterocycles. The molecule has 394 valence electrons. The smallest absolute Gasteiger partial charge is 0.329 e. The number of methoxy groups -OCH3 is 3. The normalized spacial score (nSPS) is 37.5. The number of rotatable bonds is 12. The molecule has 2 saturated heterocycles. The van der Waals surface area contributed by atoms with E-state index in [-0.39, 0.29) is 55.8 Å². The molecule has 2 bridgehead atoms. The average Bonchev–Trinajstić information content (AvgIpc) is 3.33. The average molecular weight is 984 g/mol. The van der Waals surface area contributed by atoms with Gasteiger partial charge in [0.25, 0.3) is 11.7 Å². The second-order valence-corrected chi connectivity index (χ2v) is 19.6. The summed E-state index contributed by atoms with van der Waals surface area (Å²) in [5.74, 6) is -7.76. The summed E-state index contributed by atoms with van der Waals surface area (Å²) in [5, 5.41) is 77.7. The van der Waals surface area contributed by atoms with Gasteiger partial charge < -0.3 is 74.2 Å². The number of fused-ring (bicyclic) bond motifs is 3. The fraction of sp³-hybridized carbons (Fsp3) is 0.780. The monoisotopic (exact) mass is 984 g/mol. The number of allylic oxidation sites excluding steroid dienone is 4. The van der Waals surface area contributed by atoms with Gasteiger partial charge in [-0.2, -0.15) is 0 Å². The summed E-state index contributed by atoms with van der Waals surface area (Å²) >= 11 is 0. The number of hydrogen-bond acceptors (Lipinski definition) is 18. The van der Waals surface area contributed by atoms with E-state index in [1.807, 2.05) is 32.9 Å². The van der Waals surface area contributed by atoms with Crippen molar-refractivity contribution in [1.82, 2.24) is 4.90 Å². The van der Waals surface area contributed by atoms with Gasteiger partial charge in [-0.15, -0.1) is 6.58 Å². The molecule has 1 aliphatic carbocycles. The first-order valence-electron chi connectivity index (χ1n) is 24.2. The number of ether oxygens (including phenoxy) is 5. The Morgan fingerprint density at radius 2 is 1.54 bits per heavy atom. The van der Waals surface area contributed by atoms with Gasteiger partial charge in [-0.05, 0) is 95.5 Å². The van der Waals surface area contributed by atoms with Crippen molar-refractivity contribution in [3.63, 3.8) is 0 Å². The van der Waals surface area contributed by atoms with Crippen LogP contribution in [0.1, 0.15) is 105 Å². The summed E-state index contributed by atoms with van der Waals surface area (Å²) in [6, 6.07) is -1.14. The lowest BCUT2D eigenvalue weighted by molar-refractivity contribution is -0.302. The Morgan fingerprint density at radius 3 is 2.13 bits per heavy atom. The summed E-state index contributed by atoms with van der Waals surface area (Å²) in [7, 11) is 4.61. The molecule has 0 unspecified atom stereocenters. The highest BCUT2D eigenvalue weighted by molar-refractivity contribution is 6.39. The summed E-state index contributed by atoms with van der Waals surface area (Å²) < 4.78 is 29.7. The van der Waals surface area contributed by atoms with Gasteiger partial charge in [-0.25, -0.2) is 4.79 Å². The Kier molecular flexibility index (Phi) is 24.4. The lowest BCUT2D eigenvalue weighted by atomic mass is 9.81. The largest absolute Gasteiger partial charge is 0.456 e. The molecule has 8 N–H and O–H groups in total. The first-order chi connectivity index (χ1) is 32.5. The van der Waals surface area contributed by atoms with E-state index in [2.05, 4.69) is 6.58 Å². The number of Topliss-reactive ketones (excluding diaryl/α,β-unsaturated/α-hetero) is 2. The number of carbonyl (C=O) groups is 5. The number of ketones is 2. The molecular formula is C50H81NO18. The predicted molar refractivity (Wildman–Crippen MR) is 250 cm³/mol. The Labute approximate surface area is 406 Å². The number of amides is 1. The van der Waals surface area contributed by atoms with Gasteiger partial charge in [-0.1, -0.05) is 44.6 Å².